The van der Waals surface area contributed by atoms with Crippen LogP contribution in [-0.4, -0.2) is 24.4 Å². The Labute approximate surface area is 188 Å². The van der Waals surface area contributed by atoms with Crippen LogP contribution in [0.25, 0.3) is 6.08 Å². The predicted octanol–water partition coefficient (Wildman–Crippen LogP) is 5.32. The zero-order valence-electron chi connectivity index (χ0n) is 13.8. The summed E-state index contributed by atoms with van der Waals surface area (Å²) in [5, 5.41) is 0. The van der Waals surface area contributed by atoms with Crippen molar-refractivity contribution >= 4 is 91.2 Å². The van der Waals surface area contributed by atoms with Gasteiger partial charge in [-0.05, 0) is 75.5 Å². The summed E-state index contributed by atoms with van der Waals surface area (Å²) in [7, 11) is 3.20. The van der Waals surface area contributed by atoms with Gasteiger partial charge in [-0.25, -0.2) is 0 Å². The second kappa shape index (κ2) is 8.44. The normalized spacial score (nSPS) is 15.7. The van der Waals surface area contributed by atoms with Crippen molar-refractivity contribution in [2.45, 2.75) is 0 Å². The molecular weight excluding hydrogens is 596 g/mol. The van der Waals surface area contributed by atoms with Crippen molar-refractivity contribution in [3.63, 3.8) is 0 Å². The molecule has 0 saturated carbocycles. The maximum atomic E-state index is 13.0. The molecular formula is C18H13I2NO3S2. The number of nitrogens with zero attached hydrogens (tertiary/aromatic N) is 1. The minimum atomic E-state index is -0.166. The molecule has 0 atom stereocenters. The number of amides is 1. The van der Waals surface area contributed by atoms with Gasteiger partial charge < -0.3 is 9.47 Å². The van der Waals surface area contributed by atoms with Gasteiger partial charge in [-0.1, -0.05) is 36.1 Å². The fourth-order valence-electron chi connectivity index (χ4n) is 2.53. The van der Waals surface area contributed by atoms with Crippen molar-refractivity contribution in [2.24, 2.45) is 0 Å². The molecule has 0 radical (unpaired) electrons. The van der Waals surface area contributed by atoms with E-state index in [4.69, 9.17) is 21.7 Å². The Morgan fingerprint density at radius 3 is 2.58 bits per heavy atom. The van der Waals surface area contributed by atoms with Crippen LogP contribution in [-0.2, 0) is 4.79 Å². The maximum absolute atomic E-state index is 13.0. The minimum absolute atomic E-state index is 0.166. The molecule has 1 amide bonds. The number of thiocarbonyl (C=S) groups is 1. The molecule has 0 spiro atoms. The number of thioether (sulfide) groups is 1. The fourth-order valence-corrected chi connectivity index (χ4v) is 5.92. The van der Waals surface area contributed by atoms with Gasteiger partial charge in [0.1, 0.15) is 11.5 Å². The number of anilines is 1. The molecule has 0 aromatic heterocycles. The Bertz CT molecular complexity index is 931. The Kier molecular flexibility index (Phi) is 6.46. The molecule has 1 aliphatic heterocycles. The lowest BCUT2D eigenvalue weighted by Gasteiger charge is -2.17. The molecule has 0 bridgehead atoms. The molecule has 0 aliphatic carbocycles. The average molecular weight is 609 g/mol. The monoisotopic (exact) mass is 609 g/mol. The molecule has 0 unspecified atom stereocenters. The molecule has 1 saturated heterocycles. The number of benzene rings is 2. The van der Waals surface area contributed by atoms with Gasteiger partial charge >= 0.3 is 0 Å². The summed E-state index contributed by atoms with van der Waals surface area (Å²) in [6, 6.07) is 11.3. The molecule has 134 valence electrons. The van der Waals surface area contributed by atoms with Crippen LogP contribution in [0.2, 0.25) is 0 Å². The lowest BCUT2D eigenvalue weighted by molar-refractivity contribution is -0.113. The van der Waals surface area contributed by atoms with Gasteiger partial charge in [-0.3, -0.25) is 9.69 Å². The third-order valence-electron chi connectivity index (χ3n) is 3.65. The molecule has 2 aromatic rings. The Balaban J connectivity index is 2.04. The largest absolute Gasteiger partial charge is 0.495 e. The van der Waals surface area contributed by atoms with Gasteiger partial charge in [0, 0.05) is 9.13 Å². The summed E-state index contributed by atoms with van der Waals surface area (Å²) in [6.45, 7) is 0. The molecule has 8 heteroatoms. The third-order valence-corrected chi connectivity index (χ3v) is 6.37. The smallest absolute Gasteiger partial charge is 0.270 e. The first-order chi connectivity index (χ1) is 12.5. The Morgan fingerprint density at radius 2 is 1.88 bits per heavy atom. The number of hydrogen-bond acceptors (Lipinski definition) is 5. The zero-order chi connectivity index (χ0) is 18.8. The van der Waals surface area contributed by atoms with Crippen molar-refractivity contribution in [3.8, 4) is 11.5 Å². The number of ether oxygens (including phenoxy) is 2. The number of halogens is 2. The van der Waals surface area contributed by atoms with E-state index < -0.39 is 0 Å². The SMILES string of the molecule is COc1ccccc1N1C(=O)/C(=C\c2cc(I)cc(I)c2OC)SC1=S. The van der Waals surface area contributed by atoms with Crippen LogP contribution in [0.4, 0.5) is 5.69 Å². The Morgan fingerprint density at radius 1 is 1.15 bits per heavy atom. The molecule has 3 rings (SSSR count). The highest BCUT2D eigenvalue weighted by molar-refractivity contribution is 14.1. The van der Waals surface area contributed by atoms with Crippen molar-refractivity contribution in [1.29, 1.82) is 0 Å². The summed E-state index contributed by atoms with van der Waals surface area (Å²) in [5.74, 6) is 1.18. The maximum Gasteiger partial charge on any atom is 0.270 e. The van der Waals surface area contributed by atoms with Crippen molar-refractivity contribution in [1.82, 2.24) is 0 Å². The van der Waals surface area contributed by atoms with E-state index in [2.05, 4.69) is 45.2 Å². The number of methoxy groups -OCH3 is 2. The van der Waals surface area contributed by atoms with E-state index in [1.54, 1.807) is 14.2 Å². The number of para-hydroxylation sites is 2. The molecule has 4 nitrogen and oxygen atoms in total. The summed E-state index contributed by atoms with van der Waals surface area (Å²) < 4.78 is 13.4. The number of rotatable bonds is 4. The van der Waals surface area contributed by atoms with E-state index in [-0.39, 0.29) is 5.91 Å². The predicted molar refractivity (Wildman–Crippen MR) is 127 cm³/mol. The van der Waals surface area contributed by atoms with E-state index in [1.807, 2.05) is 42.5 Å². The minimum Gasteiger partial charge on any atom is -0.495 e. The van der Waals surface area contributed by atoms with E-state index in [1.165, 1.54) is 16.7 Å². The van der Waals surface area contributed by atoms with Gasteiger partial charge in [0.2, 0.25) is 0 Å². The van der Waals surface area contributed by atoms with Crippen LogP contribution >= 0.6 is 69.2 Å². The van der Waals surface area contributed by atoms with Crippen molar-refractivity contribution in [2.75, 3.05) is 19.1 Å². The van der Waals surface area contributed by atoms with Gasteiger partial charge in [0.25, 0.3) is 5.91 Å². The fraction of sp³-hybridized carbons (Fsp3) is 0.111. The first-order valence-corrected chi connectivity index (χ1v) is 10.8. The highest BCUT2D eigenvalue weighted by Crippen LogP contribution is 2.41. The Hall–Kier alpha value is -0.850. The molecule has 26 heavy (non-hydrogen) atoms. The zero-order valence-corrected chi connectivity index (χ0v) is 19.7. The number of carbonyl (C=O) groups excluding carboxylic acids is 1. The van der Waals surface area contributed by atoms with Gasteiger partial charge in [0.15, 0.2) is 4.32 Å². The van der Waals surface area contributed by atoms with Crippen LogP contribution in [0.15, 0.2) is 41.3 Å². The van der Waals surface area contributed by atoms with Crippen LogP contribution < -0.4 is 14.4 Å². The van der Waals surface area contributed by atoms with E-state index >= 15 is 0 Å². The standard InChI is InChI=1S/C18H13I2NO3S2/c1-23-14-6-4-3-5-13(14)21-17(22)15(26-18(21)25)8-10-7-11(19)9-12(20)16(10)24-2/h3-9H,1-2H3/b15-8+. The van der Waals surface area contributed by atoms with Gasteiger partial charge in [-0.2, -0.15) is 0 Å². The topological polar surface area (TPSA) is 38.8 Å². The highest BCUT2D eigenvalue weighted by atomic mass is 127. The van der Waals surface area contributed by atoms with Crippen LogP contribution in [0, 0.1) is 7.14 Å². The van der Waals surface area contributed by atoms with E-state index in [0.29, 0.717) is 20.7 Å². The summed E-state index contributed by atoms with van der Waals surface area (Å²) in [5.41, 5.74) is 1.49. The molecule has 1 heterocycles. The quantitative estimate of drug-likeness (QED) is 0.267. The third kappa shape index (κ3) is 3.87. The van der Waals surface area contributed by atoms with Gasteiger partial charge in [0.05, 0.1) is 28.4 Å². The second-order valence-electron chi connectivity index (χ2n) is 5.20. The summed E-state index contributed by atoms with van der Waals surface area (Å²) in [4.78, 5) is 15.1. The van der Waals surface area contributed by atoms with Gasteiger partial charge in [-0.15, -0.1) is 0 Å². The number of hydrogen-bond donors (Lipinski definition) is 0. The highest BCUT2D eigenvalue weighted by Gasteiger charge is 2.35. The second-order valence-corrected chi connectivity index (χ2v) is 9.28. The van der Waals surface area contributed by atoms with Crippen molar-refractivity contribution in [3.05, 3.63) is 54.0 Å². The molecule has 1 aliphatic rings. The van der Waals surface area contributed by atoms with Crippen LogP contribution in [0.1, 0.15) is 5.56 Å². The number of carbonyl (C=O) groups is 1. The summed E-state index contributed by atoms with van der Waals surface area (Å²) in [6.07, 6.45) is 1.83. The van der Waals surface area contributed by atoms with Crippen LogP contribution in [0.5, 0.6) is 11.5 Å². The molecule has 1 fully saturated rings. The summed E-state index contributed by atoms with van der Waals surface area (Å²) >= 11 is 11.2. The van der Waals surface area contributed by atoms with Crippen LogP contribution in [0.3, 0.4) is 0 Å². The lowest BCUT2D eigenvalue weighted by Crippen LogP contribution is -2.27. The first-order valence-electron chi connectivity index (χ1n) is 7.40. The average Bonchev–Trinajstić information content (AvgIpc) is 2.88. The van der Waals surface area contributed by atoms with Crippen molar-refractivity contribution < 1.29 is 14.3 Å². The lowest BCUT2D eigenvalue weighted by atomic mass is 10.2. The molecule has 0 N–H and O–H groups in total. The molecule has 2 aromatic carbocycles. The first kappa shape index (κ1) is 19.9. The van der Waals surface area contributed by atoms with E-state index in [0.717, 1.165) is 18.5 Å². The van der Waals surface area contributed by atoms with E-state index in [9.17, 15) is 4.79 Å².